The second kappa shape index (κ2) is 6.43. The summed E-state index contributed by atoms with van der Waals surface area (Å²) in [7, 11) is 0. The number of hydrogen-bond donors (Lipinski definition) is 2. The molecule has 0 aromatic rings. The van der Waals surface area contributed by atoms with Crippen molar-refractivity contribution in [2.24, 2.45) is 5.92 Å². The molecule has 0 amide bonds. The molecule has 0 bridgehead atoms. The van der Waals surface area contributed by atoms with E-state index < -0.39 is 0 Å². The second-order valence-corrected chi connectivity index (χ2v) is 3.01. The van der Waals surface area contributed by atoms with Crippen LogP contribution in [0, 0.1) is 5.92 Å². The highest BCUT2D eigenvalue weighted by Crippen LogP contribution is 2.01. The van der Waals surface area contributed by atoms with Crippen LogP contribution in [0.3, 0.4) is 0 Å². The summed E-state index contributed by atoms with van der Waals surface area (Å²) >= 11 is 4.03. The highest BCUT2D eigenvalue weighted by molar-refractivity contribution is 7.80. The highest BCUT2D eigenvalue weighted by Gasteiger charge is 1.91. The lowest BCUT2D eigenvalue weighted by Crippen LogP contribution is -2.12. The highest BCUT2D eigenvalue weighted by atomic mass is 32.1. The minimum Gasteiger partial charge on any atom is -0.308 e. The van der Waals surface area contributed by atoms with Gasteiger partial charge in [-0.15, -0.1) is 0 Å². The maximum atomic E-state index is 4.03. The van der Waals surface area contributed by atoms with Crippen LogP contribution in [0.25, 0.3) is 0 Å². The first-order valence-corrected chi connectivity index (χ1v) is 4.22. The standard InChI is InChI=1S/C7H17NS/c1-7(2)4-3-5-8-6-9/h7-9H,3-6H2,1-2H3. The SMILES string of the molecule is CC(C)CCCNCS. The van der Waals surface area contributed by atoms with Gasteiger partial charge < -0.3 is 5.32 Å². The third-order valence-corrected chi connectivity index (χ3v) is 1.47. The third kappa shape index (κ3) is 8.31. The van der Waals surface area contributed by atoms with Crippen LogP contribution < -0.4 is 5.32 Å². The predicted octanol–water partition coefficient (Wildman–Crippen LogP) is 1.90. The van der Waals surface area contributed by atoms with E-state index in [1.165, 1.54) is 12.8 Å². The first-order chi connectivity index (χ1) is 4.27. The van der Waals surface area contributed by atoms with Gasteiger partial charge in [-0.25, -0.2) is 0 Å². The molecule has 0 spiro atoms. The topological polar surface area (TPSA) is 12.0 Å². The summed E-state index contributed by atoms with van der Waals surface area (Å²) in [6, 6.07) is 0. The molecule has 0 radical (unpaired) electrons. The van der Waals surface area contributed by atoms with Crippen LogP contribution >= 0.6 is 12.6 Å². The fourth-order valence-electron chi connectivity index (χ4n) is 0.714. The molecule has 2 heteroatoms. The molecular formula is C7H17NS. The minimum absolute atomic E-state index is 0.804. The van der Waals surface area contributed by atoms with Crippen molar-refractivity contribution in [1.29, 1.82) is 0 Å². The third-order valence-electron chi connectivity index (χ3n) is 1.25. The van der Waals surface area contributed by atoms with Crippen molar-refractivity contribution < 1.29 is 0 Å². The van der Waals surface area contributed by atoms with Crippen LogP contribution in [0.4, 0.5) is 0 Å². The van der Waals surface area contributed by atoms with E-state index in [-0.39, 0.29) is 0 Å². The van der Waals surface area contributed by atoms with Gasteiger partial charge in [-0.2, -0.15) is 12.6 Å². The van der Waals surface area contributed by atoms with E-state index in [2.05, 4.69) is 31.8 Å². The molecule has 9 heavy (non-hydrogen) atoms. The number of nitrogens with one attached hydrogen (secondary N) is 1. The van der Waals surface area contributed by atoms with E-state index in [0.29, 0.717) is 0 Å². The molecule has 1 N–H and O–H groups in total. The summed E-state index contributed by atoms with van der Waals surface area (Å²) in [6.07, 6.45) is 2.60. The van der Waals surface area contributed by atoms with E-state index in [1.807, 2.05) is 0 Å². The molecular weight excluding hydrogens is 130 g/mol. The quantitative estimate of drug-likeness (QED) is 0.344. The average Bonchev–Trinajstić information content (AvgIpc) is 1.80. The molecule has 0 fully saturated rings. The maximum Gasteiger partial charge on any atom is 0.0387 e. The van der Waals surface area contributed by atoms with Crippen molar-refractivity contribution >= 4 is 12.6 Å². The first kappa shape index (κ1) is 9.31. The Kier molecular flexibility index (Phi) is 6.65. The summed E-state index contributed by atoms with van der Waals surface area (Å²) in [5.41, 5.74) is 0. The molecule has 56 valence electrons. The lowest BCUT2D eigenvalue weighted by atomic mass is 10.1. The molecule has 1 nitrogen and oxygen atoms in total. The normalized spacial score (nSPS) is 10.7. The Labute approximate surface area is 63.6 Å². The summed E-state index contributed by atoms with van der Waals surface area (Å²) in [4.78, 5) is 0. The van der Waals surface area contributed by atoms with Gasteiger partial charge in [0.05, 0.1) is 0 Å². The Morgan fingerprint density at radius 3 is 2.56 bits per heavy atom. The van der Waals surface area contributed by atoms with Crippen LogP contribution in [-0.4, -0.2) is 12.4 Å². The summed E-state index contributed by atoms with van der Waals surface area (Å²) in [5.74, 6) is 1.64. The minimum atomic E-state index is 0.804. The van der Waals surface area contributed by atoms with Crippen LogP contribution in [0.1, 0.15) is 26.7 Å². The molecule has 0 aliphatic rings. The molecule has 0 saturated heterocycles. The van der Waals surface area contributed by atoms with E-state index in [0.717, 1.165) is 18.3 Å². The van der Waals surface area contributed by atoms with Crippen LogP contribution in [0.5, 0.6) is 0 Å². The molecule has 0 aliphatic carbocycles. The molecule has 0 aliphatic heterocycles. The second-order valence-electron chi connectivity index (χ2n) is 2.69. The maximum absolute atomic E-state index is 4.03. The van der Waals surface area contributed by atoms with Crippen molar-refractivity contribution in [1.82, 2.24) is 5.32 Å². The van der Waals surface area contributed by atoms with E-state index in [4.69, 9.17) is 0 Å². The van der Waals surface area contributed by atoms with E-state index >= 15 is 0 Å². The zero-order valence-electron chi connectivity index (χ0n) is 6.35. The predicted molar refractivity (Wildman–Crippen MR) is 45.9 cm³/mol. The van der Waals surface area contributed by atoms with Crippen molar-refractivity contribution in [2.75, 3.05) is 12.4 Å². The molecule has 0 heterocycles. The first-order valence-electron chi connectivity index (χ1n) is 3.59. The van der Waals surface area contributed by atoms with Crippen molar-refractivity contribution in [2.45, 2.75) is 26.7 Å². The largest absolute Gasteiger partial charge is 0.308 e. The molecule has 0 atom stereocenters. The summed E-state index contributed by atoms with van der Waals surface area (Å²) in [6.45, 7) is 5.61. The van der Waals surface area contributed by atoms with Crippen molar-refractivity contribution in [3.05, 3.63) is 0 Å². The zero-order valence-corrected chi connectivity index (χ0v) is 7.25. The van der Waals surface area contributed by atoms with Crippen molar-refractivity contribution in [3.8, 4) is 0 Å². The van der Waals surface area contributed by atoms with Crippen LogP contribution in [-0.2, 0) is 0 Å². The van der Waals surface area contributed by atoms with Crippen molar-refractivity contribution in [3.63, 3.8) is 0 Å². The molecule has 0 unspecified atom stereocenters. The zero-order chi connectivity index (χ0) is 7.11. The fraction of sp³-hybridized carbons (Fsp3) is 1.00. The average molecular weight is 147 g/mol. The van der Waals surface area contributed by atoms with Crippen LogP contribution in [0.15, 0.2) is 0 Å². The van der Waals surface area contributed by atoms with Gasteiger partial charge in [0.2, 0.25) is 0 Å². The smallest absolute Gasteiger partial charge is 0.0387 e. The Hall–Kier alpha value is 0.310. The summed E-state index contributed by atoms with van der Waals surface area (Å²) in [5, 5.41) is 3.17. The Morgan fingerprint density at radius 1 is 1.44 bits per heavy atom. The molecule has 0 aromatic heterocycles. The Morgan fingerprint density at radius 2 is 2.11 bits per heavy atom. The van der Waals surface area contributed by atoms with Gasteiger partial charge in [-0.05, 0) is 25.3 Å². The molecule has 0 aromatic carbocycles. The van der Waals surface area contributed by atoms with Gasteiger partial charge >= 0.3 is 0 Å². The lowest BCUT2D eigenvalue weighted by molar-refractivity contribution is 0.541. The molecule has 0 saturated carbocycles. The fourth-order valence-corrected chi connectivity index (χ4v) is 0.872. The van der Waals surface area contributed by atoms with Crippen LogP contribution in [0.2, 0.25) is 0 Å². The van der Waals surface area contributed by atoms with Gasteiger partial charge in [0.15, 0.2) is 0 Å². The molecule has 0 rings (SSSR count). The van der Waals surface area contributed by atoms with Gasteiger partial charge in [-0.3, -0.25) is 0 Å². The van der Waals surface area contributed by atoms with E-state index in [1.54, 1.807) is 0 Å². The van der Waals surface area contributed by atoms with Gasteiger partial charge in [0.25, 0.3) is 0 Å². The van der Waals surface area contributed by atoms with E-state index in [9.17, 15) is 0 Å². The van der Waals surface area contributed by atoms with Gasteiger partial charge in [0, 0.05) is 5.88 Å². The number of rotatable bonds is 5. The number of hydrogen-bond acceptors (Lipinski definition) is 2. The summed E-state index contributed by atoms with van der Waals surface area (Å²) < 4.78 is 0. The Balaban J connectivity index is 2.75. The van der Waals surface area contributed by atoms with Gasteiger partial charge in [-0.1, -0.05) is 13.8 Å². The number of thiol groups is 1. The van der Waals surface area contributed by atoms with Gasteiger partial charge in [0.1, 0.15) is 0 Å². The lowest BCUT2D eigenvalue weighted by Gasteiger charge is -2.03. The monoisotopic (exact) mass is 147 g/mol. The Bertz CT molecular complexity index is 54.9.